The molecule has 0 aliphatic heterocycles. The summed E-state index contributed by atoms with van der Waals surface area (Å²) in [6.45, 7) is 3.01. The van der Waals surface area contributed by atoms with Crippen molar-refractivity contribution in [1.82, 2.24) is 0 Å². The van der Waals surface area contributed by atoms with Crippen LogP contribution in [0.3, 0.4) is 0 Å². The number of Topliss-reactive ketones (excluding diaryl/α,β-unsaturated/α-hetero) is 1. The molecule has 1 rings (SSSR count). The quantitative estimate of drug-likeness (QED) is 0.450. The molecule has 0 amide bonds. The predicted molar refractivity (Wildman–Crippen MR) is 56.5 cm³/mol. The SMILES string of the molecule is C=CC(=O)OCCC(=O)c1ccc(F)cc1F. The molecule has 0 spiro atoms. The summed E-state index contributed by atoms with van der Waals surface area (Å²) in [5.41, 5.74) is -0.221. The smallest absolute Gasteiger partial charge is 0.330 e. The lowest BCUT2D eigenvalue weighted by Crippen LogP contribution is -2.09. The molecule has 0 saturated heterocycles. The van der Waals surface area contributed by atoms with E-state index in [1.807, 2.05) is 0 Å². The molecule has 90 valence electrons. The Labute approximate surface area is 96.7 Å². The van der Waals surface area contributed by atoms with Crippen LogP contribution < -0.4 is 0 Å². The first-order valence-electron chi connectivity index (χ1n) is 4.82. The topological polar surface area (TPSA) is 43.4 Å². The van der Waals surface area contributed by atoms with Gasteiger partial charge in [-0.3, -0.25) is 4.79 Å². The van der Waals surface area contributed by atoms with Crippen LogP contribution in [0.1, 0.15) is 16.8 Å². The molecular formula is C12H10F2O3. The van der Waals surface area contributed by atoms with Gasteiger partial charge in [0, 0.05) is 18.6 Å². The van der Waals surface area contributed by atoms with Crippen LogP contribution in [0.2, 0.25) is 0 Å². The second-order valence-corrected chi connectivity index (χ2v) is 3.17. The predicted octanol–water partition coefficient (Wildman–Crippen LogP) is 2.27. The van der Waals surface area contributed by atoms with E-state index in [-0.39, 0.29) is 18.6 Å². The number of rotatable bonds is 5. The summed E-state index contributed by atoms with van der Waals surface area (Å²) in [5, 5.41) is 0. The van der Waals surface area contributed by atoms with Crippen molar-refractivity contribution >= 4 is 11.8 Å². The lowest BCUT2D eigenvalue weighted by Gasteiger charge is -2.03. The van der Waals surface area contributed by atoms with Crippen LogP contribution in [0.4, 0.5) is 8.78 Å². The van der Waals surface area contributed by atoms with Crippen molar-refractivity contribution in [2.45, 2.75) is 6.42 Å². The first-order chi connectivity index (χ1) is 8.04. The van der Waals surface area contributed by atoms with Crippen LogP contribution in [0, 0.1) is 11.6 Å². The van der Waals surface area contributed by atoms with Crippen molar-refractivity contribution in [3.05, 3.63) is 48.1 Å². The maximum atomic E-state index is 13.2. The van der Waals surface area contributed by atoms with Gasteiger partial charge in [0.2, 0.25) is 0 Å². The van der Waals surface area contributed by atoms with Gasteiger partial charge in [0.1, 0.15) is 11.6 Å². The molecule has 0 radical (unpaired) electrons. The highest BCUT2D eigenvalue weighted by Crippen LogP contribution is 2.11. The summed E-state index contributed by atoms with van der Waals surface area (Å²) in [6.07, 6.45) is 0.797. The molecule has 0 aliphatic rings. The van der Waals surface area contributed by atoms with E-state index >= 15 is 0 Å². The molecule has 0 atom stereocenters. The van der Waals surface area contributed by atoms with E-state index in [2.05, 4.69) is 11.3 Å². The largest absolute Gasteiger partial charge is 0.462 e. The van der Waals surface area contributed by atoms with E-state index in [1.165, 1.54) is 0 Å². The molecule has 1 aromatic carbocycles. The fourth-order valence-corrected chi connectivity index (χ4v) is 1.15. The fourth-order valence-electron chi connectivity index (χ4n) is 1.15. The molecule has 0 heterocycles. The van der Waals surface area contributed by atoms with E-state index in [0.717, 1.165) is 18.2 Å². The number of halogens is 2. The van der Waals surface area contributed by atoms with Crippen molar-refractivity contribution in [3.63, 3.8) is 0 Å². The zero-order valence-corrected chi connectivity index (χ0v) is 8.91. The maximum Gasteiger partial charge on any atom is 0.330 e. The van der Waals surface area contributed by atoms with Crippen molar-refractivity contribution in [3.8, 4) is 0 Å². The third kappa shape index (κ3) is 3.79. The third-order valence-corrected chi connectivity index (χ3v) is 1.97. The van der Waals surface area contributed by atoms with Crippen molar-refractivity contribution in [2.24, 2.45) is 0 Å². The van der Waals surface area contributed by atoms with Crippen LogP contribution >= 0.6 is 0 Å². The Hall–Kier alpha value is -2.04. The Morgan fingerprint density at radius 2 is 2.06 bits per heavy atom. The number of carbonyl (C=O) groups is 2. The average Bonchev–Trinajstić information content (AvgIpc) is 2.28. The van der Waals surface area contributed by atoms with Gasteiger partial charge in [-0.05, 0) is 12.1 Å². The van der Waals surface area contributed by atoms with E-state index in [0.29, 0.717) is 6.07 Å². The highest BCUT2D eigenvalue weighted by molar-refractivity contribution is 5.96. The Balaban J connectivity index is 2.58. The van der Waals surface area contributed by atoms with Gasteiger partial charge >= 0.3 is 5.97 Å². The monoisotopic (exact) mass is 240 g/mol. The third-order valence-electron chi connectivity index (χ3n) is 1.97. The lowest BCUT2D eigenvalue weighted by atomic mass is 10.1. The molecule has 0 N–H and O–H groups in total. The maximum absolute atomic E-state index is 13.2. The minimum absolute atomic E-state index is 0.165. The number of benzene rings is 1. The second-order valence-electron chi connectivity index (χ2n) is 3.17. The van der Waals surface area contributed by atoms with Crippen molar-refractivity contribution in [2.75, 3.05) is 6.61 Å². The van der Waals surface area contributed by atoms with Crippen molar-refractivity contribution < 1.29 is 23.1 Å². The number of esters is 1. The zero-order valence-electron chi connectivity index (χ0n) is 8.91. The minimum atomic E-state index is -0.926. The van der Waals surface area contributed by atoms with Gasteiger partial charge in [-0.25, -0.2) is 13.6 Å². The average molecular weight is 240 g/mol. The summed E-state index contributed by atoms with van der Waals surface area (Å²) in [7, 11) is 0. The highest BCUT2D eigenvalue weighted by Gasteiger charge is 2.12. The van der Waals surface area contributed by atoms with Gasteiger partial charge in [0.25, 0.3) is 0 Å². The van der Waals surface area contributed by atoms with Crippen LogP contribution in [0.25, 0.3) is 0 Å². The Morgan fingerprint density at radius 1 is 1.35 bits per heavy atom. The highest BCUT2D eigenvalue weighted by atomic mass is 19.1. The molecule has 3 nitrogen and oxygen atoms in total. The minimum Gasteiger partial charge on any atom is -0.462 e. The molecule has 0 aliphatic carbocycles. The van der Waals surface area contributed by atoms with Gasteiger partial charge in [-0.2, -0.15) is 0 Å². The van der Waals surface area contributed by atoms with Gasteiger partial charge in [0.05, 0.1) is 12.2 Å². The Morgan fingerprint density at radius 3 is 2.65 bits per heavy atom. The zero-order chi connectivity index (χ0) is 12.8. The normalized spacial score (nSPS) is 9.76. The standard InChI is InChI=1S/C12H10F2O3/c1-2-12(16)17-6-5-11(15)9-4-3-8(13)7-10(9)14/h2-4,7H,1,5-6H2. The van der Waals surface area contributed by atoms with E-state index < -0.39 is 23.4 Å². The van der Waals surface area contributed by atoms with Crippen LogP contribution in [-0.2, 0) is 9.53 Å². The number of hydrogen-bond donors (Lipinski definition) is 0. The molecule has 0 fully saturated rings. The van der Waals surface area contributed by atoms with Gasteiger partial charge in [-0.1, -0.05) is 6.58 Å². The molecule has 0 aromatic heterocycles. The summed E-state index contributed by atoms with van der Waals surface area (Å²) < 4.78 is 30.3. The lowest BCUT2D eigenvalue weighted by molar-refractivity contribution is -0.137. The van der Waals surface area contributed by atoms with Gasteiger partial charge < -0.3 is 4.74 Å². The van der Waals surface area contributed by atoms with Gasteiger partial charge in [0.15, 0.2) is 5.78 Å². The van der Waals surface area contributed by atoms with Gasteiger partial charge in [-0.15, -0.1) is 0 Å². The van der Waals surface area contributed by atoms with Crippen molar-refractivity contribution in [1.29, 1.82) is 0 Å². The number of carbonyl (C=O) groups excluding carboxylic acids is 2. The summed E-state index contributed by atoms with van der Waals surface area (Å²) >= 11 is 0. The molecule has 0 bridgehead atoms. The second kappa shape index (κ2) is 5.89. The molecule has 5 heteroatoms. The summed E-state index contributed by atoms with van der Waals surface area (Å²) in [4.78, 5) is 22.1. The van der Waals surface area contributed by atoms with E-state index in [1.54, 1.807) is 0 Å². The summed E-state index contributed by atoms with van der Waals surface area (Å²) in [6, 6.07) is 2.68. The Bertz CT molecular complexity index is 455. The first kappa shape index (κ1) is 13.0. The number of hydrogen-bond acceptors (Lipinski definition) is 3. The van der Waals surface area contributed by atoms with E-state index in [4.69, 9.17) is 0 Å². The van der Waals surface area contributed by atoms with Crippen LogP contribution in [-0.4, -0.2) is 18.4 Å². The number of ketones is 1. The van der Waals surface area contributed by atoms with Crippen LogP contribution in [0.15, 0.2) is 30.9 Å². The van der Waals surface area contributed by atoms with E-state index in [9.17, 15) is 18.4 Å². The molecular weight excluding hydrogens is 230 g/mol. The molecule has 0 unspecified atom stereocenters. The molecule has 0 saturated carbocycles. The Kier molecular flexibility index (Phi) is 4.51. The summed E-state index contributed by atoms with van der Waals surface area (Å²) in [5.74, 6) is -2.89. The first-order valence-corrected chi connectivity index (χ1v) is 4.82. The molecule has 17 heavy (non-hydrogen) atoms. The van der Waals surface area contributed by atoms with Crippen LogP contribution in [0.5, 0.6) is 0 Å². The fraction of sp³-hybridized carbons (Fsp3) is 0.167. The molecule has 1 aromatic rings. The number of ether oxygens (including phenoxy) is 1.